The third-order valence-corrected chi connectivity index (χ3v) is 3.63. The fourth-order valence-electron chi connectivity index (χ4n) is 1.06. The lowest BCUT2D eigenvalue weighted by Gasteiger charge is -2.14. The van der Waals surface area contributed by atoms with E-state index in [2.05, 4.69) is 4.18 Å². The smallest absolute Gasteiger partial charge is 0.432 e. The van der Waals surface area contributed by atoms with Gasteiger partial charge in [0.25, 0.3) is 10.1 Å². The third kappa shape index (κ3) is 3.07. The standard InChI is InChI=1S/C8H14O6S/c1-5(2)13-8(9)14-7-4-12-15(10,11)6(7)3/h5-7H,4H2,1-3H3. The van der Waals surface area contributed by atoms with E-state index in [9.17, 15) is 13.2 Å². The van der Waals surface area contributed by atoms with E-state index in [0.717, 1.165) is 0 Å². The second-order valence-electron chi connectivity index (χ2n) is 3.56. The van der Waals surface area contributed by atoms with E-state index < -0.39 is 27.6 Å². The van der Waals surface area contributed by atoms with Gasteiger partial charge in [-0.3, -0.25) is 4.18 Å². The van der Waals surface area contributed by atoms with Crippen LogP contribution in [0.15, 0.2) is 0 Å². The van der Waals surface area contributed by atoms with Gasteiger partial charge in [-0.25, -0.2) is 4.79 Å². The largest absolute Gasteiger partial charge is 0.508 e. The molecule has 7 heteroatoms. The van der Waals surface area contributed by atoms with Crippen LogP contribution in [0.1, 0.15) is 20.8 Å². The van der Waals surface area contributed by atoms with Gasteiger partial charge < -0.3 is 9.47 Å². The van der Waals surface area contributed by atoms with Crippen LogP contribution < -0.4 is 0 Å². The van der Waals surface area contributed by atoms with Crippen LogP contribution in [0.5, 0.6) is 0 Å². The summed E-state index contributed by atoms with van der Waals surface area (Å²) in [6, 6.07) is 0. The Balaban J connectivity index is 2.51. The van der Waals surface area contributed by atoms with Crippen LogP contribution in [-0.2, 0) is 23.8 Å². The van der Waals surface area contributed by atoms with Crippen LogP contribution in [0, 0.1) is 0 Å². The molecule has 0 bridgehead atoms. The number of rotatable bonds is 2. The maximum atomic E-state index is 11.1. The SMILES string of the molecule is CC(C)OC(=O)OC1COS(=O)(=O)C1C. The first-order chi connectivity index (χ1) is 6.83. The number of carbonyl (C=O) groups excluding carboxylic acids is 1. The van der Waals surface area contributed by atoms with Crippen molar-refractivity contribution in [2.45, 2.75) is 38.2 Å². The summed E-state index contributed by atoms with van der Waals surface area (Å²) in [5, 5.41) is -0.850. The summed E-state index contributed by atoms with van der Waals surface area (Å²) in [6.45, 7) is 4.63. The molecule has 0 N–H and O–H groups in total. The van der Waals surface area contributed by atoms with Crippen molar-refractivity contribution in [1.82, 2.24) is 0 Å². The minimum Gasteiger partial charge on any atom is -0.432 e. The van der Waals surface area contributed by atoms with Gasteiger partial charge in [0, 0.05) is 0 Å². The van der Waals surface area contributed by atoms with Gasteiger partial charge in [-0.05, 0) is 20.8 Å². The molecule has 0 saturated carbocycles. The van der Waals surface area contributed by atoms with Crippen molar-refractivity contribution < 1.29 is 26.9 Å². The molecule has 1 heterocycles. The van der Waals surface area contributed by atoms with Crippen LogP contribution in [0.4, 0.5) is 4.79 Å². The number of hydrogen-bond acceptors (Lipinski definition) is 6. The summed E-state index contributed by atoms with van der Waals surface area (Å²) in [4.78, 5) is 11.1. The molecule has 6 nitrogen and oxygen atoms in total. The van der Waals surface area contributed by atoms with Gasteiger partial charge in [0.2, 0.25) is 0 Å². The van der Waals surface area contributed by atoms with Crippen molar-refractivity contribution in [3.05, 3.63) is 0 Å². The van der Waals surface area contributed by atoms with Gasteiger partial charge >= 0.3 is 6.16 Å². The molecule has 88 valence electrons. The van der Waals surface area contributed by atoms with Crippen molar-refractivity contribution in [1.29, 1.82) is 0 Å². The lowest BCUT2D eigenvalue weighted by atomic mass is 10.3. The van der Waals surface area contributed by atoms with E-state index in [-0.39, 0.29) is 12.7 Å². The van der Waals surface area contributed by atoms with Crippen molar-refractivity contribution in [3.63, 3.8) is 0 Å². The Morgan fingerprint density at radius 3 is 2.47 bits per heavy atom. The molecule has 1 aliphatic heterocycles. The molecule has 0 aliphatic carbocycles. The zero-order valence-corrected chi connectivity index (χ0v) is 9.61. The summed E-state index contributed by atoms with van der Waals surface area (Å²) < 4.78 is 36.3. The Labute approximate surface area is 88.6 Å². The van der Waals surface area contributed by atoms with E-state index in [4.69, 9.17) is 9.47 Å². The van der Waals surface area contributed by atoms with Crippen molar-refractivity contribution in [2.75, 3.05) is 6.61 Å². The van der Waals surface area contributed by atoms with Crippen LogP contribution in [0.3, 0.4) is 0 Å². The molecule has 0 aromatic rings. The van der Waals surface area contributed by atoms with Crippen LogP contribution in [0.2, 0.25) is 0 Å². The minimum atomic E-state index is -3.58. The molecule has 0 aromatic carbocycles. The molecule has 0 aromatic heterocycles. The van der Waals surface area contributed by atoms with Crippen LogP contribution >= 0.6 is 0 Å². The van der Waals surface area contributed by atoms with Gasteiger partial charge in [-0.15, -0.1) is 0 Å². The Kier molecular flexibility index (Phi) is 3.56. The second-order valence-corrected chi connectivity index (χ2v) is 5.52. The minimum absolute atomic E-state index is 0.142. The van der Waals surface area contributed by atoms with Crippen molar-refractivity contribution in [2.24, 2.45) is 0 Å². The van der Waals surface area contributed by atoms with E-state index >= 15 is 0 Å². The zero-order chi connectivity index (χ0) is 11.6. The lowest BCUT2D eigenvalue weighted by Crippen LogP contribution is -2.30. The maximum Gasteiger partial charge on any atom is 0.508 e. The molecule has 0 spiro atoms. The Bertz CT molecular complexity index is 333. The maximum absolute atomic E-state index is 11.1. The molecule has 15 heavy (non-hydrogen) atoms. The van der Waals surface area contributed by atoms with Gasteiger partial charge in [-0.2, -0.15) is 8.42 Å². The summed E-state index contributed by atoms with van der Waals surface area (Å²) in [6.07, 6.45) is -1.96. The van der Waals surface area contributed by atoms with E-state index in [1.807, 2.05) is 0 Å². The molecular formula is C8H14O6S. The van der Waals surface area contributed by atoms with Gasteiger partial charge in [-0.1, -0.05) is 0 Å². The highest BCUT2D eigenvalue weighted by atomic mass is 32.2. The van der Waals surface area contributed by atoms with Crippen molar-refractivity contribution in [3.8, 4) is 0 Å². The molecule has 2 unspecified atom stereocenters. The predicted molar refractivity (Wildman–Crippen MR) is 50.8 cm³/mol. The molecule has 1 rings (SSSR count). The average Bonchev–Trinajstić information content (AvgIpc) is 2.30. The fraction of sp³-hybridized carbons (Fsp3) is 0.875. The summed E-state index contributed by atoms with van der Waals surface area (Å²) in [5.41, 5.74) is 0. The average molecular weight is 238 g/mol. The highest BCUT2D eigenvalue weighted by molar-refractivity contribution is 7.87. The predicted octanol–water partition coefficient (Wildman–Crippen LogP) is 0.665. The van der Waals surface area contributed by atoms with E-state index in [1.165, 1.54) is 6.92 Å². The Hall–Kier alpha value is -0.820. The molecule has 1 fully saturated rings. The van der Waals surface area contributed by atoms with Gasteiger partial charge in [0.1, 0.15) is 18.0 Å². The monoisotopic (exact) mass is 238 g/mol. The van der Waals surface area contributed by atoms with Crippen LogP contribution in [-0.4, -0.2) is 38.6 Å². The van der Waals surface area contributed by atoms with E-state index in [1.54, 1.807) is 13.8 Å². The highest BCUT2D eigenvalue weighted by Gasteiger charge is 2.41. The summed E-state index contributed by atoms with van der Waals surface area (Å²) in [5.74, 6) is 0. The Morgan fingerprint density at radius 2 is 2.07 bits per heavy atom. The van der Waals surface area contributed by atoms with Crippen LogP contribution in [0.25, 0.3) is 0 Å². The summed E-state index contributed by atoms with van der Waals surface area (Å²) >= 11 is 0. The highest BCUT2D eigenvalue weighted by Crippen LogP contribution is 2.20. The second kappa shape index (κ2) is 4.36. The van der Waals surface area contributed by atoms with E-state index in [0.29, 0.717) is 0 Å². The first-order valence-corrected chi connectivity index (χ1v) is 6.05. The number of carbonyl (C=O) groups is 1. The van der Waals surface area contributed by atoms with Crippen molar-refractivity contribution >= 4 is 16.3 Å². The first kappa shape index (κ1) is 12.3. The molecule has 2 atom stereocenters. The van der Waals surface area contributed by atoms with Gasteiger partial charge in [0.05, 0.1) is 6.10 Å². The Morgan fingerprint density at radius 1 is 1.47 bits per heavy atom. The topological polar surface area (TPSA) is 78.9 Å². The first-order valence-electron chi connectivity index (χ1n) is 4.58. The quantitative estimate of drug-likeness (QED) is 0.519. The summed E-state index contributed by atoms with van der Waals surface area (Å²) in [7, 11) is -3.58. The molecule has 1 saturated heterocycles. The molecular weight excluding hydrogens is 224 g/mol. The zero-order valence-electron chi connectivity index (χ0n) is 8.80. The fourth-order valence-corrected chi connectivity index (χ4v) is 2.11. The normalized spacial score (nSPS) is 29.1. The number of ether oxygens (including phenoxy) is 2. The molecule has 0 radical (unpaired) electrons. The number of hydrogen-bond donors (Lipinski definition) is 0. The van der Waals surface area contributed by atoms with Gasteiger partial charge in [0.15, 0.2) is 0 Å². The lowest BCUT2D eigenvalue weighted by molar-refractivity contribution is 0.00269. The molecule has 1 aliphatic rings. The molecule has 0 amide bonds. The third-order valence-electron chi connectivity index (χ3n) is 1.96.